The molecule has 1 amide bonds. The van der Waals surface area contributed by atoms with Gasteiger partial charge in [0.05, 0.1) is 6.04 Å². The average molecular weight is 277 g/mol. The van der Waals surface area contributed by atoms with Crippen molar-refractivity contribution < 1.29 is 14.3 Å². The molecule has 110 valence electrons. The number of carbonyl (C=O) groups is 2. The Morgan fingerprint density at radius 2 is 1.75 bits per heavy atom. The van der Waals surface area contributed by atoms with Crippen molar-refractivity contribution in [2.45, 2.75) is 52.7 Å². The summed E-state index contributed by atoms with van der Waals surface area (Å²) in [7, 11) is 0. The molecule has 1 aromatic carbocycles. The first-order valence-electron chi connectivity index (χ1n) is 6.73. The highest BCUT2D eigenvalue weighted by Gasteiger charge is 2.22. The van der Waals surface area contributed by atoms with Crippen LogP contribution in [0.15, 0.2) is 24.3 Å². The zero-order valence-corrected chi connectivity index (χ0v) is 12.8. The smallest absolute Gasteiger partial charge is 0.408 e. The fourth-order valence-corrected chi connectivity index (χ4v) is 1.71. The Bertz CT molecular complexity index is 471. The molecule has 0 bridgehead atoms. The van der Waals surface area contributed by atoms with E-state index in [0.717, 1.165) is 11.1 Å². The summed E-state index contributed by atoms with van der Waals surface area (Å²) < 4.78 is 5.17. The minimum atomic E-state index is -0.574. The van der Waals surface area contributed by atoms with Gasteiger partial charge >= 0.3 is 6.09 Å². The van der Waals surface area contributed by atoms with Crippen LogP contribution < -0.4 is 5.32 Å². The van der Waals surface area contributed by atoms with Gasteiger partial charge in [0, 0.05) is 0 Å². The summed E-state index contributed by atoms with van der Waals surface area (Å²) in [5.74, 6) is -0.0866. The van der Waals surface area contributed by atoms with Gasteiger partial charge in [0.15, 0.2) is 5.78 Å². The first-order chi connectivity index (χ1) is 9.17. The topological polar surface area (TPSA) is 55.4 Å². The molecule has 1 N–H and O–H groups in total. The number of ether oxygens (including phenoxy) is 1. The highest BCUT2D eigenvalue weighted by atomic mass is 16.6. The standard InChI is InChI=1S/C16H23NO3/c1-11-6-8-13(9-7-11)10-14(12(2)18)17-15(19)20-16(3,4)5/h6-9,14H,10H2,1-5H3,(H,17,19)/t14-/m0/s1. The number of ketones is 1. The first-order valence-corrected chi connectivity index (χ1v) is 6.73. The van der Waals surface area contributed by atoms with Gasteiger partial charge in [0.2, 0.25) is 0 Å². The fraction of sp³-hybridized carbons (Fsp3) is 0.500. The van der Waals surface area contributed by atoms with Crippen molar-refractivity contribution >= 4 is 11.9 Å². The Kier molecular flexibility index (Phi) is 5.31. The van der Waals surface area contributed by atoms with Crippen LogP contribution >= 0.6 is 0 Å². The molecule has 4 nitrogen and oxygen atoms in total. The van der Waals surface area contributed by atoms with E-state index in [1.165, 1.54) is 6.92 Å². The van der Waals surface area contributed by atoms with Crippen LogP contribution in [0, 0.1) is 6.92 Å². The van der Waals surface area contributed by atoms with Crippen LogP contribution in [-0.4, -0.2) is 23.5 Å². The van der Waals surface area contributed by atoms with Crippen molar-refractivity contribution in [3.63, 3.8) is 0 Å². The van der Waals surface area contributed by atoms with Crippen LogP contribution in [0.2, 0.25) is 0 Å². The van der Waals surface area contributed by atoms with Crippen molar-refractivity contribution in [1.29, 1.82) is 0 Å². The van der Waals surface area contributed by atoms with Crippen molar-refractivity contribution in [1.82, 2.24) is 5.32 Å². The molecule has 0 saturated heterocycles. The lowest BCUT2D eigenvalue weighted by Gasteiger charge is -2.22. The molecule has 1 rings (SSSR count). The average Bonchev–Trinajstić information content (AvgIpc) is 2.28. The van der Waals surface area contributed by atoms with E-state index < -0.39 is 17.7 Å². The van der Waals surface area contributed by atoms with Crippen molar-refractivity contribution in [2.24, 2.45) is 0 Å². The van der Waals surface area contributed by atoms with Crippen LogP contribution in [-0.2, 0) is 16.0 Å². The third-order valence-electron chi connectivity index (χ3n) is 2.74. The van der Waals surface area contributed by atoms with Crippen LogP contribution in [0.25, 0.3) is 0 Å². The number of nitrogens with one attached hydrogen (secondary N) is 1. The molecule has 0 aliphatic rings. The molecule has 0 aliphatic carbocycles. The summed E-state index contributed by atoms with van der Waals surface area (Å²) in [5, 5.41) is 2.63. The molecule has 0 heterocycles. The Labute approximate surface area is 120 Å². The van der Waals surface area contributed by atoms with Crippen LogP contribution in [0.4, 0.5) is 4.79 Å². The molecular weight excluding hydrogens is 254 g/mol. The lowest BCUT2D eigenvalue weighted by atomic mass is 10.0. The molecule has 0 fully saturated rings. The van der Waals surface area contributed by atoms with Crippen molar-refractivity contribution in [2.75, 3.05) is 0 Å². The monoisotopic (exact) mass is 277 g/mol. The van der Waals surface area contributed by atoms with Gasteiger partial charge in [-0.25, -0.2) is 4.79 Å². The lowest BCUT2D eigenvalue weighted by molar-refractivity contribution is -0.119. The first kappa shape index (κ1) is 16.2. The zero-order chi connectivity index (χ0) is 15.3. The quantitative estimate of drug-likeness (QED) is 0.920. The second-order valence-corrected chi connectivity index (χ2v) is 6.00. The van der Waals surface area contributed by atoms with E-state index in [4.69, 9.17) is 4.74 Å². The summed E-state index contributed by atoms with van der Waals surface area (Å²) in [4.78, 5) is 23.4. The molecule has 4 heteroatoms. The molecule has 0 unspecified atom stereocenters. The van der Waals surface area contributed by atoms with Crippen LogP contribution in [0.5, 0.6) is 0 Å². The maximum atomic E-state index is 11.7. The summed E-state index contributed by atoms with van der Waals surface area (Å²) in [6.07, 6.45) is -0.0979. The minimum absolute atomic E-state index is 0.0866. The zero-order valence-electron chi connectivity index (χ0n) is 12.8. The molecule has 0 radical (unpaired) electrons. The van der Waals surface area contributed by atoms with E-state index in [0.29, 0.717) is 6.42 Å². The number of benzene rings is 1. The summed E-state index contributed by atoms with van der Waals surface area (Å²) >= 11 is 0. The number of Topliss-reactive ketones (excluding diaryl/α,β-unsaturated/α-hetero) is 1. The van der Waals surface area contributed by atoms with Gasteiger partial charge in [-0.05, 0) is 46.6 Å². The van der Waals surface area contributed by atoms with E-state index in [-0.39, 0.29) is 5.78 Å². The van der Waals surface area contributed by atoms with Crippen LogP contribution in [0.1, 0.15) is 38.8 Å². The van der Waals surface area contributed by atoms with Crippen molar-refractivity contribution in [3.8, 4) is 0 Å². The molecule has 1 atom stereocenters. The fourth-order valence-electron chi connectivity index (χ4n) is 1.71. The number of carbonyl (C=O) groups excluding carboxylic acids is 2. The van der Waals surface area contributed by atoms with Gasteiger partial charge in [-0.3, -0.25) is 4.79 Å². The number of alkyl carbamates (subject to hydrolysis) is 1. The van der Waals surface area contributed by atoms with E-state index in [1.807, 2.05) is 31.2 Å². The number of hydrogen-bond donors (Lipinski definition) is 1. The lowest BCUT2D eigenvalue weighted by Crippen LogP contribution is -2.43. The van der Waals surface area contributed by atoms with Crippen LogP contribution in [0.3, 0.4) is 0 Å². The van der Waals surface area contributed by atoms with E-state index in [1.54, 1.807) is 20.8 Å². The Hall–Kier alpha value is -1.84. The second kappa shape index (κ2) is 6.55. The molecule has 0 aliphatic heterocycles. The largest absolute Gasteiger partial charge is 0.444 e. The number of aryl methyl sites for hydroxylation is 1. The summed E-state index contributed by atoms with van der Waals surface area (Å²) in [6.45, 7) is 8.83. The second-order valence-electron chi connectivity index (χ2n) is 6.00. The highest BCUT2D eigenvalue weighted by Crippen LogP contribution is 2.09. The third kappa shape index (κ3) is 5.87. The molecule has 0 spiro atoms. The number of amides is 1. The SMILES string of the molecule is CC(=O)[C@H](Cc1ccc(C)cc1)NC(=O)OC(C)(C)C. The van der Waals surface area contributed by atoms with Gasteiger partial charge in [0.25, 0.3) is 0 Å². The molecular formula is C16H23NO3. The maximum Gasteiger partial charge on any atom is 0.408 e. The van der Waals surface area contributed by atoms with Crippen molar-refractivity contribution in [3.05, 3.63) is 35.4 Å². The maximum absolute atomic E-state index is 11.7. The van der Waals surface area contributed by atoms with Gasteiger partial charge < -0.3 is 10.1 Å². The Morgan fingerprint density at radius 3 is 2.20 bits per heavy atom. The third-order valence-corrected chi connectivity index (χ3v) is 2.74. The van der Waals surface area contributed by atoms with Gasteiger partial charge in [-0.15, -0.1) is 0 Å². The van der Waals surface area contributed by atoms with Gasteiger partial charge in [0.1, 0.15) is 5.60 Å². The predicted octanol–water partition coefficient (Wildman–Crippen LogP) is 3.02. The van der Waals surface area contributed by atoms with E-state index >= 15 is 0 Å². The predicted molar refractivity (Wildman–Crippen MR) is 78.7 cm³/mol. The summed E-state index contributed by atoms with van der Waals surface area (Å²) in [6, 6.07) is 7.33. The highest BCUT2D eigenvalue weighted by molar-refractivity contribution is 5.85. The molecule has 20 heavy (non-hydrogen) atoms. The van der Waals surface area contributed by atoms with Gasteiger partial charge in [-0.2, -0.15) is 0 Å². The molecule has 0 aromatic heterocycles. The Morgan fingerprint density at radius 1 is 1.20 bits per heavy atom. The Balaban J connectivity index is 2.68. The number of rotatable bonds is 4. The molecule has 0 saturated carbocycles. The van der Waals surface area contributed by atoms with Gasteiger partial charge in [-0.1, -0.05) is 29.8 Å². The van der Waals surface area contributed by atoms with E-state index in [9.17, 15) is 9.59 Å². The van der Waals surface area contributed by atoms with E-state index in [2.05, 4.69) is 5.32 Å². The molecule has 1 aromatic rings. The number of hydrogen-bond acceptors (Lipinski definition) is 3. The normalized spacial score (nSPS) is 12.7. The summed E-state index contributed by atoms with van der Waals surface area (Å²) in [5.41, 5.74) is 1.59. The minimum Gasteiger partial charge on any atom is -0.444 e.